The van der Waals surface area contributed by atoms with Crippen LogP contribution < -0.4 is 10.1 Å². The third-order valence-corrected chi connectivity index (χ3v) is 5.27. The number of carbonyl (C=O) groups excluding carboxylic acids is 1. The third kappa shape index (κ3) is 5.98. The number of aryl methyl sites for hydroxylation is 1. The Balaban J connectivity index is 1.72. The van der Waals surface area contributed by atoms with Gasteiger partial charge in [0.2, 0.25) is 0 Å². The first-order valence-electron chi connectivity index (χ1n) is 10.7. The molecule has 0 unspecified atom stereocenters. The van der Waals surface area contributed by atoms with E-state index in [1.165, 1.54) is 0 Å². The lowest BCUT2D eigenvalue weighted by molar-refractivity contribution is 0.0194. The number of nitrogens with one attached hydrogen (secondary N) is 1. The van der Waals surface area contributed by atoms with Crippen LogP contribution in [0, 0.1) is 0 Å². The Morgan fingerprint density at radius 1 is 1.30 bits per heavy atom. The summed E-state index contributed by atoms with van der Waals surface area (Å²) in [5, 5.41) is 7.96. The number of amides is 1. The summed E-state index contributed by atoms with van der Waals surface area (Å²) in [6, 6.07) is 10.1. The number of ether oxygens (including phenoxy) is 2. The van der Waals surface area contributed by atoms with E-state index in [0.717, 1.165) is 50.2 Å². The molecule has 7 nitrogen and oxygen atoms in total. The summed E-state index contributed by atoms with van der Waals surface area (Å²) in [6.45, 7) is 8.13. The van der Waals surface area contributed by atoms with E-state index in [2.05, 4.69) is 22.5 Å². The lowest BCUT2D eigenvalue weighted by Crippen LogP contribution is -2.46. The van der Waals surface area contributed by atoms with Crippen LogP contribution in [-0.2, 0) is 11.3 Å². The highest BCUT2D eigenvalue weighted by molar-refractivity contribution is 5.69. The minimum atomic E-state index is -0.503. The van der Waals surface area contributed by atoms with Crippen molar-refractivity contribution in [2.45, 2.75) is 64.3 Å². The quantitative estimate of drug-likeness (QED) is 0.661. The van der Waals surface area contributed by atoms with Gasteiger partial charge in [-0.3, -0.25) is 4.68 Å². The van der Waals surface area contributed by atoms with Crippen LogP contribution in [0.2, 0.25) is 0 Å². The molecular weight excluding hydrogens is 380 g/mol. The molecule has 1 saturated heterocycles. The molecule has 0 bridgehead atoms. The molecule has 30 heavy (non-hydrogen) atoms. The zero-order valence-electron chi connectivity index (χ0n) is 18.5. The summed E-state index contributed by atoms with van der Waals surface area (Å²) >= 11 is 0. The fourth-order valence-electron chi connectivity index (χ4n) is 3.90. The van der Waals surface area contributed by atoms with Gasteiger partial charge >= 0.3 is 6.09 Å². The van der Waals surface area contributed by atoms with Gasteiger partial charge in [0.25, 0.3) is 0 Å². The van der Waals surface area contributed by atoms with E-state index in [9.17, 15) is 4.79 Å². The topological polar surface area (TPSA) is 68.6 Å². The van der Waals surface area contributed by atoms with Crippen LogP contribution in [0.25, 0.3) is 0 Å². The summed E-state index contributed by atoms with van der Waals surface area (Å²) in [7, 11) is 1.67. The maximum Gasteiger partial charge on any atom is 0.410 e. The number of methoxy groups -OCH3 is 1. The van der Waals surface area contributed by atoms with Crippen molar-refractivity contribution in [3.63, 3.8) is 0 Å². The van der Waals surface area contributed by atoms with E-state index in [4.69, 9.17) is 9.47 Å². The second-order valence-electron chi connectivity index (χ2n) is 8.71. The van der Waals surface area contributed by atoms with Crippen LogP contribution >= 0.6 is 0 Å². The third-order valence-electron chi connectivity index (χ3n) is 5.27. The molecule has 0 saturated carbocycles. The van der Waals surface area contributed by atoms with Crippen LogP contribution in [0.1, 0.15) is 51.6 Å². The number of hydrogen-bond donors (Lipinski definition) is 1. The molecule has 2 atom stereocenters. The van der Waals surface area contributed by atoms with Crippen LogP contribution in [0.15, 0.2) is 42.7 Å². The van der Waals surface area contributed by atoms with E-state index in [-0.39, 0.29) is 18.2 Å². The minimum absolute atomic E-state index is 0.0311. The molecule has 2 heterocycles. The number of nitrogens with zero attached hydrogens (tertiary/aromatic N) is 3. The number of aromatic nitrogens is 2. The van der Waals surface area contributed by atoms with E-state index < -0.39 is 5.60 Å². The fourth-order valence-corrected chi connectivity index (χ4v) is 3.90. The smallest absolute Gasteiger partial charge is 0.410 e. The summed E-state index contributed by atoms with van der Waals surface area (Å²) in [4.78, 5) is 14.7. The average molecular weight is 415 g/mol. The average Bonchev–Trinajstić information content (AvgIpc) is 3.39. The van der Waals surface area contributed by atoms with Crippen molar-refractivity contribution in [2.24, 2.45) is 0 Å². The van der Waals surface area contributed by atoms with Crippen LogP contribution in [0.4, 0.5) is 4.79 Å². The number of likely N-dealkylation sites (tertiary alicyclic amines) is 1. The zero-order valence-corrected chi connectivity index (χ0v) is 18.5. The molecule has 1 aliphatic rings. The lowest BCUT2D eigenvalue weighted by Gasteiger charge is -2.34. The van der Waals surface area contributed by atoms with Gasteiger partial charge in [0.05, 0.1) is 19.2 Å². The minimum Gasteiger partial charge on any atom is -0.497 e. The van der Waals surface area contributed by atoms with Crippen molar-refractivity contribution in [1.82, 2.24) is 20.0 Å². The predicted octanol–water partition coefficient (Wildman–Crippen LogP) is 4.01. The van der Waals surface area contributed by atoms with Crippen molar-refractivity contribution in [2.75, 3.05) is 20.2 Å². The highest BCUT2D eigenvalue weighted by atomic mass is 16.6. The standard InChI is InChI=1S/C23H34N4O3/c1-23(2,3)30-22(28)27-17-5-8-20(27)21(18-9-11-19(29-4)12-10-18)24-13-6-15-26-16-7-14-25-26/h7,9-12,14,16,20-21,24H,5-6,8,13,15,17H2,1-4H3/t20-,21+/m0/s1. The Labute approximate surface area is 179 Å². The molecule has 1 aromatic heterocycles. The summed E-state index contributed by atoms with van der Waals surface area (Å²) in [5.41, 5.74) is 0.646. The van der Waals surface area contributed by atoms with Crippen LogP contribution in [-0.4, -0.2) is 52.6 Å². The maximum atomic E-state index is 12.8. The van der Waals surface area contributed by atoms with Gasteiger partial charge in [-0.2, -0.15) is 5.10 Å². The van der Waals surface area contributed by atoms with E-state index in [1.807, 2.05) is 54.7 Å². The summed E-state index contributed by atoms with van der Waals surface area (Å²) in [6.07, 6.45) is 6.41. The molecule has 1 aliphatic heterocycles. The Hall–Kier alpha value is -2.54. The molecule has 0 aliphatic carbocycles. The van der Waals surface area contributed by atoms with Crippen molar-refractivity contribution >= 4 is 6.09 Å². The molecular formula is C23H34N4O3. The van der Waals surface area contributed by atoms with Crippen molar-refractivity contribution < 1.29 is 14.3 Å². The van der Waals surface area contributed by atoms with Crippen molar-refractivity contribution in [1.29, 1.82) is 0 Å². The van der Waals surface area contributed by atoms with Crippen molar-refractivity contribution in [3.05, 3.63) is 48.3 Å². The Bertz CT molecular complexity index is 784. The van der Waals surface area contributed by atoms with Gasteiger partial charge in [0, 0.05) is 25.5 Å². The van der Waals surface area contributed by atoms with E-state index >= 15 is 0 Å². The molecule has 7 heteroatoms. The molecule has 3 rings (SSSR count). The number of benzene rings is 1. The first-order valence-corrected chi connectivity index (χ1v) is 10.7. The fraction of sp³-hybridized carbons (Fsp3) is 0.565. The molecule has 164 valence electrons. The Kier molecular flexibility index (Phi) is 7.37. The number of rotatable bonds is 8. The van der Waals surface area contributed by atoms with Crippen molar-refractivity contribution in [3.8, 4) is 5.75 Å². The van der Waals surface area contributed by atoms with Gasteiger partial charge in [0.15, 0.2) is 0 Å². The Morgan fingerprint density at radius 2 is 2.07 bits per heavy atom. The first kappa shape index (κ1) is 22.2. The van der Waals surface area contributed by atoms with Crippen LogP contribution in [0.3, 0.4) is 0 Å². The summed E-state index contributed by atoms with van der Waals surface area (Å²) < 4.78 is 12.9. The second-order valence-corrected chi connectivity index (χ2v) is 8.71. The van der Waals surface area contributed by atoms with Gasteiger partial charge in [-0.15, -0.1) is 0 Å². The number of carbonyl (C=O) groups is 1. The van der Waals surface area contributed by atoms with Gasteiger partial charge < -0.3 is 19.7 Å². The van der Waals surface area contributed by atoms with Gasteiger partial charge in [0.1, 0.15) is 11.4 Å². The summed E-state index contributed by atoms with van der Waals surface area (Å²) in [5.74, 6) is 0.826. The molecule has 2 aromatic rings. The molecule has 1 N–H and O–H groups in total. The predicted molar refractivity (Wildman–Crippen MR) is 117 cm³/mol. The van der Waals surface area contributed by atoms with E-state index in [1.54, 1.807) is 13.3 Å². The lowest BCUT2D eigenvalue weighted by atomic mass is 9.97. The number of hydrogen-bond acceptors (Lipinski definition) is 5. The zero-order chi connectivity index (χ0) is 21.6. The monoisotopic (exact) mass is 414 g/mol. The van der Waals surface area contributed by atoms with Gasteiger partial charge in [-0.25, -0.2) is 4.79 Å². The first-order chi connectivity index (χ1) is 14.4. The van der Waals surface area contributed by atoms with Gasteiger partial charge in [-0.1, -0.05) is 12.1 Å². The molecule has 1 fully saturated rings. The second kappa shape index (κ2) is 9.98. The highest BCUT2D eigenvalue weighted by Gasteiger charge is 2.37. The normalized spacial score (nSPS) is 17.7. The molecule has 1 aromatic carbocycles. The van der Waals surface area contributed by atoms with Crippen LogP contribution in [0.5, 0.6) is 5.75 Å². The van der Waals surface area contributed by atoms with Gasteiger partial charge in [-0.05, 0) is 70.3 Å². The molecule has 0 spiro atoms. The SMILES string of the molecule is COc1ccc([C@@H](NCCCn2cccn2)[C@@H]2CCCN2C(=O)OC(C)(C)C)cc1. The molecule has 1 amide bonds. The Morgan fingerprint density at radius 3 is 2.70 bits per heavy atom. The largest absolute Gasteiger partial charge is 0.497 e. The maximum absolute atomic E-state index is 12.8. The molecule has 0 radical (unpaired) electrons. The van der Waals surface area contributed by atoms with E-state index in [0.29, 0.717) is 0 Å². The highest BCUT2D eigenvalue weighted by Crippen LogP contribution is 2.31.